The topological polar surface area (TPSA) is 39.8 Å². The highest BCUT2D eigenvalue weighted by Crippen LogP contribution is 2.21. The fourth-order valence-electron chi connectivity index (χ4n) is 3.69. The van der Waals surface area contributed by atoms with Crippen LogP contribution in [-0.2, 0) is 12.8 Å². The maximum atomic E-state index is 4.41. The van der Waals surface area contributed by atoms with Crippen LogP contribution in [0, 0.1) is 5.92 Å². The van der Waals surface area contributed by atoms with Crippen LogP contribution >= 0.6 is 0 Å². The molecule has 0 aliphatic rings. The van der Waals surface area contributed by atoms with Gasteiger partial charge in [-0.05, 0) is 42.9 Å². The Balaban J connectivity index is 1.77. The summed E-state index contributed by atoms with van der Waals surface area (Å²) in [5.41, 5.74) is 6.78. The van der Waals surface area contributed by atoms with Crippen LogP contribution in [0.2, 0.25) is 0 Å². The molecule has 2 aromatic carbocycles. The molecule has 3 heteroatoms. The zero-order valence-electron chi connectivity index (χ0n) is 19.0. The minimum absolute atomic E-state index is 0.0436. The number of rotatable bonds is 11. The number of aromatic amines is 1. The summed E-state index contributed by atoms with van der Waals surface area (Å²) in [6.07, 6.45) is 3.79. The maximum absolute atomic E-state index is 4.41. The lowest BCUT2D eigenvalue weighted by atomic mass is 9.97. The molecule has 2 unspecified atom stereocenters. The maximum Gasteiger partial charge on any atom is 0.0691 e. The van der Waals surface area contributed by atoms with Crippen LogP contribution in [0.15, 0.2) is 97.5 Å². The Morgan fingerprint density at radius 1 is 0.839 bits per heavy atom. The largest absolute Gasteiger partial charge is 0.380 e. The van der Waals surface area contributed by atoms with E-state index in [4.69, 9.17) is 0 Å². The number of nitrogens with one attached hydrogen (secondary N) is 3. The molecule has 162 valence electrons. The van der Waals surface area contributed by atoms with E-state index in [-0.39, 0.29) is 12.1 Å². The molecular weight excluding hydrogens is 378 g/mol. The van der Waals surface area contributed by atoms with E-state index in [1.807, 2.05) is 6.07 Å². The average molecular weight is 414 g/mol. The van der Waals surface area contributed by atoms with Crippen molar-refractivity contribution in [1.82, 2.24) is 15.6 Å². The summed E-state index contributed by atoms with van der Waals surface area (Å²) in [7, 11) is 0. The van der Waals surface area contributed by atoms with Gasteiger partial charge >= 0.3 is 0 Å². The summed E-state index contributed by atoms with van der Waals surface area (Å²) in [5, 5.41) is 8.54. The van der Waals surface area contributed by atoms with Crippen LogP contribution in [0.3, 0.4) is 0 Å². The van der Waals surface area contributed by atoms with Gasteiger partial charge < -0.3 is 15.6 Å². The molecule has 3 nitrogen and oxygen atoms in total. The van der Waals surface area contributed by atoms with Gasteiger partial charge in [0.25, 0.3) is 0 Å². The molecule has 1 heterocycles. The number of benzene rings is 2. The standard InChI is InChI=1S/C28H35N3/c1-19(2)21(5)30-28(16-23-12-8-7-9-13-23)22(6)31-27(20(3)4)17-24-18-29-26-15-11-10-14-25(24)26/h7-15,18-19,27-31H,3,5-6,16-17H2,1-2,4H3. The number of hydrogen-bond donors (Lipinski definition) is 3. The first-order valence-corrected chi connectivity index (χ1v) is 11.0. The quantitative estimate of drug-likeness (QED) is 0.331. The van der Waals surface area contributed by atoms with Gasteiger partial charge in [0, 0.05) is 28.5 Å². The zero-order chi connectivity index (χ0) is 22.4. The van der Waals surface area contributed by atoms with E-state index in [2.05, 4.69) is 111 Å². The van der Waals surface area contributed by atoms with E-state index in [1.165, 1.54) is 16.5 Å². The predicted molar refractivity (Wildman–Crippen MR) is 134 cm³/mol. The van der Waals surface area contributed by atoms with Gasteiger partial charge in [0.2, 0.25) is 0 Å². The van der Waals surface area contributed by atoms with E-state index in [0.717, 1.165) is 35.3 Å². The fraction of sp³-hybridized carbons (Fsp3) is 0.286. The SMILES string of the molecule is C=C(NC(Cc1ccccc1)C(=C)NC(Cc1c[nH]c2ccccc12)C(=C)C)C(C)C. The normalized spacial score (nSPS) is 13.0. The number of allylic oxidation sites excluding steroid dienone is 1. The van der Waals surface area contributed by atoms with Crippen molar-refractivity contribution < 1.29 is 0 Å². The summed E-state index contributed by atoms with van der Waals surface area (Å²) in [6.45, 7) is 19.3. The Morgan fingerprint density at radius 3 is 2.16 bits per heavy atom. The lowest BCUT2D eigenvalue weighted by Gasteiger charge is -2.29. The lowest BCUT2D eigenvalue weighted by molar-refractivity contribution is 0.519. The molecule has 3 N–H and O–H groups in total. The number of fused-ring (bicyclic) bond motifs is 1. The van der Waals surface area contributed by atoms with E-state index in [9.17, 15) is 0 Å². The number of hydrogen-bond acceptors (Lipinski definition) is 2. The molecule has 3 rings (SSSR count). The minimum atomic E-state index is 0.0436. The van der Waals surface area contributed by atoms with Gasteiger partial charge in [-0.15, -0.1) is 0 Å². The van der Waals surface area contributed by atoms with Gasteiger partial charge in [0.15, 0.2) is 0 Å². The van der Waals surface area contributed by atoms with Gasteiger partial charge in [-0.2, -0.15) is 0 Å². The highest BCUT2D eigenvalue weighted by atomic mass is 15.0. The van der Waals surface area contributed by atoms with Crippen LogP contribution in [0.1, 0.15) is 31.9 Å². The van der Waals surface area contributed by atoms with Crippen molar-refractivity contribution in [2.24, 2.45) is 5.92 Å². The number of aromatic nitrogens is 1. The Labute approximate surface area is 187 Å². The molecule has 0 fully saturated rings. The Morgan fingerprint density at radius 2 is 1.48 bits per heavy atom. The average Bonchev–Trinajstić information content (AvgIpc) is 3.16. The molecule has 2 atom stereocenters. The highest BCUT2D eigenvalue weighted by Gasteiger charge is 2.20. The highest BCUT2D eigenvalue weighted by molar-refractivity contribution is 5.83. The van der Waals surface area contributed by atoms with Crippen LogP contribution in [0.25, 0.3) is 10.9 Å². The monoisotopic (exact) mass is 413 g/mol. The van der Waals surface area contributed by atoms with Gasteiger partial charge in [-0.1, -0.05) is 87.7 Å². The first-order valence-electron chi connectivity index (χ1n) is 11.0. The van der Waals surface area contributed by atoms with Crippen LogP contribution in [0.4, 0.5) is 0 Å². The third-order valence-corrected chi connectivity index (χ3v) is 5.81. The Hall–Kier alpha value is -3.20. The molecule has 0 spiro atoms. The first-order chi connectivity index (χ1) is 14.8. The van der Waals surface area contributed by atoms with Crippen LogP contribution in [0.5, 0.6) is 0 Å². The van der Waals surface area contributed by atoms with Crippen molar-refractivity contribution in [3.05, 3.63) is 109 Å². The van der Waals surface area contributed by atoms with Crippen LogP contribution in [-0.4, -0.2) is 17.1 Å². The molecule has 1 aromatic heterocycles. The summed E-state index contributed by atoms with van der Waals surface area (Å²) >= 11 is 0. The van der Waals surface area contributed by atoms with E-state index >= 15 is 0 Å². The van der Waals surface area contributed by atoms with Crippen molar-refractivity contribution in [3.8, 4) is 0 Å². The molecule has 0 aliphatic heterocycles. The third-order valence-electron chi connectivity index (χ3n) is 5.81. The minimum Gasteiger partial charge on any atom is -0.380 e. The third kappa shape index (κ3) is 5.91. The van der Waals surface area contributed by atoms with Gasteiger partial charge in [0.05, 0.1) is 12.1 Å². The summed E-state index contributed by atoms with van der Waals surface area (Å²) in [4.78, 5) is 3.38. The summed E-state index contributed by atoms with van der Waals surface area (Å²) in [5.74, 6) is 0.356. The molecule has 0 saturated heterocycles. The predicted octanol–water partition coefficient (Wildman–Crippen LogP) is 6.13. The summed E-state index contributed by atoms with van der Waals surface area (Å²) < 4.78 is 0. The van der Waals surface area contributed by atoms with Crippen LogP contribution < -0.4 is 10.6 Å². The smallest absolute Gasteiger partial charge is 0.0691 e. The molecule has 3 aromatic rings. The van der Waals surface area contributed by atoms with Crippen molar-refractivity contribution in [2.75, 3.05) is 0 Å². The van der Waals surface area contributed by atoms with E-state index in [0.29, 0.717) is 5.92 Å². The second kappa shape index (κ2) is 10.2. The molecule has 0 bridgehead atoms. The molecule has 0 amide bonds. The van der Waals surface area contributed by atoms with E-state index in [1.54, 1.807) is 0 Å². The molecule has 0 aliphatic carbocycles. The van der Waals surface area contributed by atoms with Crippen molar-refractivity contribution in [2.45, 2.75) is 45.7 Å². The number of H-pyrrole nitrogens is 1. The van der Waals surface area contributed by atoms with Crippen molar-refractivity contribution in [1.29, 1.82) is 0 Å². The lowest BCUT2D eigenvalue weighted by Crippen LogP contribution is -2.42. The van der Waals surface area contributed by atoms with Crippen molar-refractivity contribution >= 4 is 10.9 Å². The van der Waals surface area contributed by atoms with E-state index < -0.39 is 0 Å². The zero-order valence-corrected chi connectivity index (χ0v) is 19.0. The van der Waals surface area contributed by atoms with Gasteiger partial charge in [-0.3, -0.25) is 0 Å². The molecule has 0 saturated carbocycles. The first kappa shape index (κ1) is 22.5. The van der Waals surface area contributed by atoms with Gasteiger partial charge in [-0.25, -0.2) is 0 Å². The summed E-state index contributed by atoms with van der Waals surface area (Å²) in [6, 6.07) is 19.1. The molecule has 0 radical (unpaired) electrons. The Kier molecular flexibility index (Phi) is 7.41. The molecule has 31 heavy (non-hydrogen) atoms. The second-order valence-electron chi connectivity index (χ2n) is 8.70. The fourth-order valence-corrected chi connectivity index (χ4v) is 3.69. The second-order valence-corrected chi connectivity index (χ2v) is 8.70. The number of para-hydroxylation sites is 1. The van der Waals surface area contributed by atoms with Gasteiger partial charge in [0.1, 0.15) is 0 Å². The Bertz CT molecular complexity index is 1040. The molecular formula is C28H35N3. The van der Waals surface area contributed by atoms with Crippen molar-refractivity contribution in [3.63, 3.8) is 0 Å².